The van der Waals surface area contributed by atoms with E-state index in [1.807, 2.05) is 29.2 Å². The zero-order valence-corrected chi connectivity index (χ0v) is 16.3. The molecule has 5 nitrogen and oxygen atoms in total. The van der Waals surface area contributed by atoms with E-state index in [-0.39, 0.29) is 18.2 Å². The molecule has 1 heterocycles. The topological polar surface area (TPSA) is 52.7 Å². The molecule has 1 fully saturated rings. The molecule has 0 saturated carbocycles. The molecule has 27 heavy (non-hydrogen) atoms. The highest BCUT2D eigenvalue weighted by molar-refractivity contribution is 6.33. The molecule has 2 aromatic rings. The first-order chi connectivity index (χ1) is 13.0. The van der Waals surface area contributed by atoms with E-state index in [1.54, 1.807) is 24.3 Å². The molecule has 142 valence electrons. The minimum Gasteiger partial charge on any atom is -0.367 e. The second-order valence-corrected chi connectivity index (χ2v) is 7.18. The van der Waals surface area contributed by atoms with Crippen LogP contribution < -0.4 is 10.2 Å². The Balaban J connectivity index is 1.42. The number of rotatable bonds is 5. The molecular weight excluding hydrogens is 385 g/mol. The van der Waals surface area contributed by atoms with Crippen LogP contribution in [0.25, 0.3) is 0 Å². The molecular formula is C20H21Cl2N3O2. The minimum absolute atomic E-state index is 0.0465. The highest BCUT2D eigenvalue weighted by atomic mass is 35.5. The van der Waals surface area contributed by atoms with Crippen LogP contribution in [0, 0.1) is 0 Å². The summed E-state index contributed by atoms with van der Waals surface area (Å²) in [6, 6.07) is 14.4. The Kier molecular flexibility index (Phi) is 6.58. The van der Waals surface area contributed by atoms with Crippen molar-refractivity contribution in [1.82, 2.24) is 10.2 Å². The predicted molar refractivity (Wildman–Crippen MR) is 109 cm³/mol. The van der Waals surface area contributed by atoms with Gasteiger partial charge < -0.3 is 15.1 Å². The number of carbonyl (C=O) groups excluding carboxylic acids is 2. The number of amides is 2. The summed E-state index contributed by atoms with van der Waals surface area (Å²) >= 11 is 12.1. The number of benzene rings is 2. The van der Waals surface area contributed by atoms with Gasteiger partial charge in [0.05, 0.1) is 10.7 Å². The van der Waals surface area contributed by atoms with Gasteiger partial charge in [0.1, 0.15) is 0 Å². The van der Waals surface area contributed by atoms with Crippen molar-refractivity contribution >= 4 is 40.7 Å². The van der Waals surface area contributed by atoms with Crippen molar-refractivity contribution in [2.24, 2.45) is 0 Å². The average molecular weight is 406 g/mol. The second kappa shape index (κ2) is 9.11. The summed E-state index contributed by atoms with van der Waals surface area (Å²) in [6.07, 6.45) is 0.283. The number of anilines is 1. The summed E-state index contributed by atoms with van der Waals surface area (Å²) in [5.41, 5.74) is 1.53. The number of piperazine rings is 1. The average Bonchev–Trinajstić information content (AvgIpc) is 2.69. The summed E-state index contributed by atoms with van der Waals surface area (Å²) < 4.78 is 0. The number of para-hydroxylation sites is 1. The van der Waals surface area contributed by atoms with E-state index in [1.165, 1.54) is 0 Å². The van der Waals surface area contributed by atoms with Gasteiger partial charge in [0, 0.05) is 49.7 Å². The lowest BCUT2D eigenvalue weighted by atomic mass is 10.2. The number of nitrogens with zero attached hydrogens (tertiary/aromatic N) is 2. The van der Waals surface area contributed by atoms with Crippen LogP contribution in [0.5, 0.6) is 0 Å². The van der Waals surface area contributed by atoms with Crippen molar-refractivity contribution in [2.75, 3.05) is 37.6 Å². The summed E-state index contributed by atoms with van der Waals surface area (Å²) in [6.45, 7) is 3.09. The third-order valence-electron chi connectivity index (χ3n) is 4.56. The molecule has 1 aliphatic rings. The van der Waals surface area contributed by atoms with Crippen LogP contribution in [0.3, 0.4) is 0 Å². The fourth-order valence-corrected chi connectivity index (χ4v) is 3.43. The number of halogens is 2. The monoisotopic (exact) mass is 405 g/mol. The van der Waals surface area contributed by atoms with E-state index >= 15 is 0 Å². The quantitative estimate of drug-likeness (QED) is 0.828. The summed E-state index contributed by atoms with van der Waals surface area (Å²) in [7, 11) is 0. The van der Waals surface area contributed by atoms with Crippen molar-refractivity contribution in [2.45, 2.75) is 6.42 Å². The van der Waals surface area contributed by atoms with Gasteiger partial charge in [-0.15, -0.1) is 0 Å². The molecule has 0 unspecified atom stereocenters. The molecule has 1 N–H and O–H groups in total. The largest absolute Gasteiger partial charge is 0.367 e. The molecule has 0 atom stereocenters. The Morgan fingerprint density at radius 1 is 0.926 bits per heavy atom. The minimum atomic E-state index is -0.206. The second-order valence-electron chi connectivity index (χ2n) is 6.33. The first kappa shape index (κ1) is 19.5. The van der Waals surface area contributed by atoms with Gasteiger partial charge in [-0.1, -0.05) is 35.3 Å². The van der Waals surface area contributed by atoms with Crippen LogP contribution in [0.15, 0.2) is 48.5 Å². The zero-order valence-electron chi connectivity index (χ0n) is 14.8. The van der Waals surface area contributed by atoms with Crippen molar-refractivity contribution in [3.63, 3.8) is 0 Å². The molecule has 3 rings (SSSR count). The Labute approximate surface area is 168 Å². The van der Waals surface area contributed by atoms with Crippen LogP contribution in [0.1, 0.15) is 16.8 Å². The Bertz CT molecular complexity index is 803. The van der Waals surface area contributed by atoms with Crippen LogP contribution in [0.4, 0.5) is 5.69 Å². The lowest BCUT2D eigenvalue weighted by molar-refractivity contribution is -0.131. The van der Waals surface area contributed by atoms with Gasteiger partial charge in [-0.2, -0.15) is 0 Å². The standard InChI is InChI=1S/C20H21Cl2N3O2/c21-16-7-5-15(6-8-16)20(27)23-10-9-19(26)25-13-11-24(12-14-25)18-4-2-1-3-17(18)22/h1-8H,9-14H2,(H,23,27). The Morgan fingerprint density at radius 3 is 2.26 bits per heavy atom. The Morgan fingerprint density at radius 2 is 1.59 bits per heavy atom. The molecule has 1 aliphatic heterocycles. The molecule has 0 spiro atoms. The number of carbonyl (C=O) groups is 2. The maximum absolute atomic E-state index is 12.4. The van der Waals surface area contributed by atoms with Gasteiger partial charge in [0.2, 0.25) is 5.91 Å². The number of hydrogen-bond acceptors (Lipinski definition) is 3. The fourth-order valence-electron chi connectivity index (χ4n) is 3.05. The van der Waals surface area contributed by atoms with Gasteiger partial charge in [0.25, 0.3) is 5.91 Å². The molecule has 0 aliphatic carbocycles. The van der Waals surface area contributed by atoms with Gasteiger partial charge in [-0.3, -0.25) is 9.59 Å². The van der Waals surface area contributed by atoms with Gasteiger partial charge in [0.15, 0.2) is 0 Å². The number of nitrogens with one attached hydrogen (secondary N) is 1. The predicted octanol–water partition coefficient (Wildman–Crippen LogP) is 3.46. The molecule has 0 bridgehead atoms. The summed E-state index contributed by atoms with van der Waals surface area (Å²) in [5.74, 6) is -0.159. The molecule has 0 aromatic heterocycles. The van der Waals surface area contributed by atoms with E-state index in [0.717, 1.165) is 23.8 Å². The van der Waals surface area contributed by atoms with Crippen LogP contribution in [0.2, 0.25) is 10.0 Å². The van der Waals surface area contributed by atoms with Crippen molar-refractivity contribution < 1.29 is 9.59 Å². The van der Waals surface area contributed by atoms with Crippen LogP contribution >= 0.6 is 23.2 Å². The lowest BCUT2D eigenvalue weighted by Crippen LogP contribution is -2.49. The first-order valence-electron chi connectivity index (χ1n) is 8.85. The van der Waals surface area contributed by atoms with E-state index in [0.29, 0.717) is 30.2 Å². The molecule has 7 heteroatoms. The molecule has 2 amide bonds. The highest BCUT2D eigenvalue weighted by Gasteiger charge is 2.22. The highest BCUT2D eigenvalue weighted by Crippen LogP contribution is 2.26. The van der Waals surface area contributed by atoms with Gasteiger partial charge in [-0.25, -0.2) is 0 Å². The van der Waals surface area contributed by atoms with Crippen molar-refractivity contribution in [3.8, 4) is 0 Å². The lowest BCUT2D eigenvalue weighted by Gasteiger charge is -2.36. The molecule has 1 saturated heterocycles. The fraction of sp³-hybridized carbons (Fsp3) is 0.300. The van der Waals surface area contributed by atoms with Crippen LogP contribution in [-0.4, -0.2) is 49.4 Å². The maximum Gasteiger partial charge on any atom is 0.251 e. The maximum atomic E-state index is 12.4. The third-order valence-corrected chi connectivity index (χ3v) is 5.13. The van der Waals surface area contributed by atoms with E-state index in [2.05, 4.69) is 10.2 Å². The molecule has 0 radical (unpaired) electrons. The van der Waals surface area contributed by atoms with E-state index < -0.39 is 0 Å². The summed E-state index contributed by atoms with van der Waals surface area (Å²) in [5, 5.41) is 4.08. The molecule has 2 aromatic carbocycles. The zero-order chi connectivity index (χ0) is 19.2. The normalized spacial score (nSPS) is 14.1. The first-order valence-corrected chi connectivity index (χ1v) is 9.61. The van der Waals surface area contributed by atoms with Crippen molar-refractivity contribution in [1.29, 1.82) is 0 Å². The third kappa shape index (κ3) is 5.15. The SMILES string of the molecule is O=C(NCCC(=O)N1CCN(c2ccccc2Cl)CC1)c1ccc(Cl)cc1. The van der Waals surface area contributed by atoms with E-state index in [4.69, 9.17) is 23.2 Å². The van der Waals surface area contributed by atoms with Crippen molar-refractivity contribution in [3.05, 3.63) is 64.1 Å². The van der Waals surface area contributed by atoms with E-state index in [9.17, 15) is 9.59 Å². The Hall–Kier alpha value is -2.24. The van der Waals surface area contributed by atoms with Gasteiger partial charge in [-0.05, 0) is 36.4 Å². The number of hydrogen-bond donors (Lipinski definition) is 1. The van der Waals surface area contributed by atoms with Crippen LogP contribution in [-0.2, 0) is 4.79 Å². The summed E-state index contributed by atoms with van der Waals surface area (Å²) in [4.78, 5) is 28.5. The van der Waals surface area contributed by atoms with Gasteiger partial charge >= 0.3 is 0 Å². The smallest absolute Gasteiger partial charge is 0.251 e.